The maximum atomic E-state index is 6.07. The summed E-state index contributed by atoms with van der Waals surface area (Å²) in [6.07, 6.45) is 7.98. The Morgan fingerprint density at radius 1 is 1.00 bits per heavy atom. The Hall–Kier alpha value is 0.230. The van der Waals surface area contributed by atoms with Crippen LogP contribution in [0.2, 0.25) is 0 Å². The highest BCUT2D eigenvalue weighted by Gasteiger charge is 2.25. The zero-order valence-electron chi connectivity index (χ0n) is 15.1. The Kier molecular flexibility index (Phi) is 8.02. The second kappa shape index (κ2) is 9.51. The summed E-state index contributed by atoms with van der Waals surface area (Å²) >= 11 is 1.90. The van der Waals surface area contributed by atoms with Gasteiger partial charge in [-0.3, -0.25) is 4.90 Å². The van der Waals surface area contributed by atoms with Crippen LogP contribution in [0.5, 0.6) is 0 Å². The quantitative estimate of drug-likeness (QED) is 0.712. The molecule has 1 saturated heterocycles. The van der Waals surface area contributed by atoms with Gasteiger partial charge in [0.2, 0.25) is 0 Å². The highest BCUT2D eigenvalue weighted by molar-refractivity contribution is 7.99. The first-order chi connectivity index (χ1) is 10.6. The number of hydrogen-bond acceptors (Lipinski definition) is 4. The van der Waals surface area contributed by atoms with E-state index in [1.165, 1.54) is 58.4 Å². The van der Waals surface area contributed by atoms with Gasteiger partial charge in [0.05, 0.1) is 12.7 Å². The van der Waals surface area contributed by atoms with Crippen LogP contribution in [-0.2, 0) is 4.74 Å². The molecule has 1 heterocycles. The fourth-order valence-electron chi connectivity index (χ4n) is 3.65. The van der Waals surface area contributed by atoms with Gasteiger partial charge in [0.1, 0.15) is 0 Å². The van der Waals surface area contributed by atoms with E-state index in [0.717, 1.165) is 12.5 Å². The minimum atomic E-state index is 0.531. The van der Waals surface area contributed by atoms with Gasteiger partial charge in [0.25, 0.3) is 0 Å². The molecule has 0 aromatic heterocycles. The van der Waals surface area contributed by atoms with E-state index < -0.39 is 0 Å². The molecule has 0 amide bonds. The van der Waals surface area contributed by atoms with E-state index in [1.807, 2.05) is 11.8 Å². The van der Waals surface area contributed by atoms with Crippen LogP contribution in [0.1, 0.15) is 46.5 Å². The summed E-state index contributed by atoms with van der Waals surface area (Å²) in [5.41, 5.74) is 0. The fraction of sp³-hybridized carbons (Fsp3) is 1.00. The molecule has 0 bridgehead atoms. The summed E-state index contributed by atoms with van der Waals surface area (Å²) < 4.78 is 6.07. The van der Waals surface area contributed by atoms with Crippen molar-refractivity contribution in [2.45, 2.75) is 63.9 Å². The second-order valence-electron chi connectivity index (χ2n) is 7.45. The van der Waals surface area contributed by atoms with Gasteiger partial charge in [-0.2, -0.15) is 11.8 Å². The van der Waals surface area contributed by atoms with Crippen LogP contribution in [0.4, 0.5) is 0 Å². The number of nitrogens with zero attached hydrogens (tertiary/aromatic N) is 2. The van der Waals surface area contributed by atoms with Gasteiger partial charge in [-0.1, -0.05) is 6.92 Å². The number of ether oxygens (including phenoxy) is 1. The van der Waals surface area contributed by atoms with E-state index >= 15 is 0 Å². The smallest absolute Gasteiger partial charge is 0.0585 e. The van der Waals surface area contributed by atoms with Crippen LogP contribution >= 0.6 is 11.8 Å². The SMILES string of the molecule is CSC(C)COC1CCC(CN2CCN(C(C)C)CC2)CC1. The zero-order valence-corrected chi connectivity index (χ0v) is 15.9. The van der Waals surface area contributed by atoms with E-state index in [-0.39, 0.29) is 0 Å². The molecule has 1 unspecified atom stereocenters. The highest BCUT2D eigenvalue weighted by Crippen LogP contribution is 2.27. The maximum Gasteiger partial charge on any atom is 0.0585 e. The summed E-state index contributed by atoms with van der Waals surface area (Å²) in [4.78, 5) is 5.30. The molecule has 1 aliphatic heterocycles. The van der Waals surface area contributed by atoms with Crippen molar-refractivity contribution in [1.29, 1.82) is 0 Å². The lowest BCUT2D eigenvalue weighted by molar-refractivity contribution is 0.0125. The van der Waals surface area contributed by atoms with Crippen molar-refractivity contribution < 1.29 is 4.74 Å². The molecule has 0 aromatic carbocycles. The fourth-order valence-corrected chi connectivity index (χ4v) is 3.86. The van der Waals surface area contributed by atoms with Gasteiger partial charge in [0.15, 0.2) is 0 Å². The normalized spacial score (nSPS) is 29.9. The number of rotatable bonds is 7. The third kappa shape index (κ3) is 6.03. The largest absolute Gasteiger partial charge is 0.377 e. The Morgan fingerprint density at radius 2 is 1.64 bits per heavy atom. The molecule has 1 atom stereocenters. The van der Waals surface area contributed by atoms with Crippen LogP contribution in [-0.4, -0.2) is 72.8 Å². The van der Waals surface area contributed by atoms with Gasteiger partial charge >= 0.3 is 0 Å². The van der Waals surface area contributed by atoms with Crippen molar-refractivity contribution in [3.63, 3.8) is 0 Å². The van der Waals surface area contributed by atoms with E-state index in [1.54, 1.807) is 0 Å². The number of piperazine rings is 1. The number of hydrogen-bond donors (Lipinski definition) is 0. The summed E-state index contributed by atoms with van der Waals surface area (Å²) in [5, 5.41) is 0.634. The van der Waals surface area contributed by atoms with E-state index in [4.69, 9.17) is 4.74 Å². The molecule has 0 radical (unpaired) electrons. The Balaban J connectivity index is 1.60. The van der Waals surface area contributed by atoms with Crippen molar-refractivity contribution in [3.05, 3.63) is 0 Å². The summed E-state index contributed by atoms with van der Waals surface area (Å²) in [5.74, 6) is 0.906. The summed E-state index contributed by atoms with van der Waals surface area (Å²) in [7, 11) is 0. The second-order valence-corrected chi connectivity index (χ2v) is 8.73. The molecule has 2 aliphatic rings. The first-order valence-corrected chi connectivity index (χ1v) is 10.5. The molecule has 0 aromatic rings. The van der Waals surface area contributed by atoms with Crippen LogP contribution in [0.15, 0.2) is 0 Å². The molecule has 0 N–H and O–H groups in total. The first kappa shape index (κ1) is 18.6. The lowest BCUT2D eigenvalue weighted by Crippen LogP contribution is -2.50. The molecule has 4 heteroatoms. The summed E-state index contributed by atoms with van der Waals surface area (Å²) in [6, 6.07) is 0.707. The third-order valence-electron chi connectivity index (χ3n) is 5.42. The predicted octanol–water partition coefficient (Wildman–Crippen LogP) is 3.34. The van der Waals surface area contributed by atoms with Crippen LogP contribution in [0.3, 0.4) is 0 Å². The van der Waals surface area contributed by atoms with E-state index in [2.05, 4.69) is 36.8 Å². The molecular weight excluding hydrogens is 292 g/mol. The minimum absolute atomic E-state index is 0.531. The maximum absolute atomic E-state index is 6.07. The van der Waals surface area contributed by atoms with Crippen molar-refractivity contribution in [2.75, 3.05) is 45.6 Å². The van der Waals surface area contributed by atoms with Crippen LogP contribution < -0.4 is 0 Å². The van der Waals surface area contributed by atoms with Crippen molar-refractivity contribution in [2.24, 2.45) is 5.92 Å². The predicted molar refractivity (Wildman–Crippen MR) is 97.8 cm³/mol. The standard InChI is InChI=1S/C18H36N2OS/c1-15(2)20-11-9-19(10-12-20)13-17-5-7-18(8-6-17)21-14-16(3)22-4/h15-18H,5-14H2,1-4H3. The molecule has 1 aliphatic carbocycles. The topological polar surface area (TPSA) is 15.7 Å². The molecule has 0 spiro atoms. The zero-order chi connectivity index (χ0) is 15.9. The van der Waals surface area contributed by atoms with Crippen LogP contribution in [0, 0.1) is 5.92 Å². The van der Waals surface area contributed by atoms with Crippen molar-refractivity contribution >= 4 is 11.8 Å². The average molecular weight is 329 g/mol. The third-order valence-corrected chi connectivity index (χ3v) is 6.36. The van der Waals surface area contributed by atoms with E-state index in [9.17, 15) is 0 Å². The molecular formula is C18H36N2OS. The molecule has 130 valence electrons. The average Bonchev–Trinajstić information content (AvgIpc) is 2.54. The molecule has 3 nitrogen and oxygen atoms in total. The summed E-state index contributed by atoms with van der Waals surface area (Å²) in [6.45, 7) is 14.2. The first-order valence-electron chi connectivity index (χ1n) is 9.19. The van der Waals surface area contributed by atoms with Gasteiger partial charge in [-0.15, -0.1) is 0 Å². The number of thioether (sulfide) groups is 1. The lowest BCUT2D eigenvalue weighted by Gasteiger charge is -2.39. The van der Waals surface area contributed by atoms with Crippen molar-refractivity contribution in [1.82, 2.24) is 9.80 Å². The van der Waals surface area contributed by atoms with Gasteiger partial charge in [-0.05, 0) is 51.7 Å². The monoisotopic (exact) mass is 328 g/mol. The molecule has 1 saturated carbocycles. The van der Waals surface area contributed by atoms with Gasteiger partial charge < -0.3 is 9.64 Å². The minimum Gasteiger partial charge on any atom is -0.377 e. The molecule has 2 rings (SSSR count). The molecule has 22 heavy (non-hydrogen) atoms. The van der Waals surface area contributed by atoms with Crippen molar-refractivity contribution in [3.8, 4) is 0 Å². The highest BCUT2D eigenvalue weighted by atomic mass is 32.2. The van der Waals surface area contributed by atoms with Gasteiger partial charge in [0, 0.05) is 44.0 Å². The Labute approximate surface area is 142 Å². The Morgan fingerprint density at radius 3 is 2.18 bits per heavy atom. The Bertz CT molecular complexity index is 297. The van der Waals surface area contributed by atoms with Gasteiger partial charge in [-0.25, -0.2) is 0 Å². The van der Waals surface area contributed by atoms with Crippen LogP contribution in [0.25, 0.3) is 0 Å². The molecule has 2 fully saturated rings. The lowest BCUT2D eigenvalue weighted by atomic mass is 9.87. The van der Waals surface area contributed by atoms with E-state index in [0.29, 0.717) is 17.4 Å².